The molecule has 12 heteroatoms. The molecule has 2 amide bonds. The van der Waals surface area contributed by atoms with Gasteiger partial charge in [-0.25, -0.2) is 4.98 Å². The van der Waals surface area contributed by atoms with Crippen molar-refractivity contribution in [1.82, 2.24) is 9.97 Å². The predicted octanol–water partition coefficient (Wildman–Crippen LogP) is 2.24. The van der Waals surface area contributed by atoms with Gasteiger partial charge in [-0.1, -0.05) is 36.0 Å². The minimum Gasteiger partial charge on any atom is -0.382 e. The van der Waals surface area contributed by atoms with Gasteiger partial charge in [-0.05, 0) is 18.2 Å². The summed E-state index contributed by atoms with van der Waals surface area (Å²) in [6.07, 6.45) is 0. The van der Waals surface area contributed by atoms with Crippen molar-refractivity contribution in [1.29, 1.82) is 0 Å². The normalized spacial score (nSPS) is 10.3. The Morgan fingerprint density at radius 1 is 1.13 bits per heavy atom. The van der Waals surface area contributed by atoms with Crippen LogP contribution in [0.2, 0.25) is 0 Å². The monoisotopic (exact) mass is 440 g/mol. The third-order valence-corrected chi connectivity index (χ3v) is 4.75. The Bertz CT molecular complexity index is 1200. The van der Waals surface area contributed by atoms with Crippen molar-refractivity contribution in [2.24, 2.45) is 0 Å². The molecule has 0 bridgehead atoms. The number of amides is 2. The fourth-order valence-electron chi connectivity index (χ4n) is 2.46. The highest BCUT2D eigenvalue weighted by Gasteiger charge is 2.15. The fourth-order valence-corrected chi connectivity index (χ4v) is 3.13. The summed E-state index contributed by atoms with van der Waals surface area (Å²) in [7, 11) is 0. The van der Waals surface area contributed by atoms with E-state index in [0.29, 0.717) is 5.56 Å². The molecular weight excluding hydrogens is 424 g/mol. The van der Waals surface area contributed by atoms with Gasteiger partial charge in [-0.15, -0.1) is 0 Å². The van der Waals surface area contributed by atoms with Gasteiger partial charge in [-0.2, -0.15) is 0 Å². The van der Waals surface area contributed by atoms with Crippen LogP contribution in [0.3, 0.4) is 0 Å². The van der Waals surface area contributed by atoms with E-state index in [0.717, 1.165) is 11.8 Å². The number of nitro groups is 1. The molecule has 0 atom stereocenters. The number of thioether (sulfide) groups is 1. The van der Waals surface area contributed by atoms with E-state index in [4.69, 9.17) is 5.73 Å². The molecule has 31 heavy (non-hydrogen) atoms. The lowest BCUT2D eigenvalue weighted by Gasteiger charge is -2.09. The molecule has 0 saturated heterocycles. The number of aromatic amines is 1. The molecule has 1 aromatic heterocycles. The standard InChI is InChI=1S/C19H16N6O5S/c20-16-15(22-17(27)11-5-2-1-3-6-11)18(28)24-19(23-16)31-10-14(26)21-12-7-4-8-13(9-12)25(29)30/h1-9H,10H2,(H,21,26)(H,22,27)(H3,20,23,24,28). The maximum atomic E-state index is 12.3. The number of nitrogens with one attached hydrogen (secondary N) is 3. The zero-order valence-corrected chi connectivity index (χ0v) is 16.6. The number of non-ortho nitro benzene ring substituents is 1. The molecule has 0 spiro atoms. The number of anilines is 3. The molecule has 1 heterocycles. The van der Waals surface area contributed by atoms with E-state index in [1.165, 1.54) is 24.3 Å². The van der Waals surface area contributed by atoms with Gasteiger partial charge in [0.2, 0.25) is 5.91 Å². The van der Waals surface area contributed by atoms with Crippen molar-refractivity contribution < 1.29 is 14.5 Å². The molecule has 2 aromatic carbocycles. The maximum absolute atomic E-state index is 12.3. The number of carbonyl (C=O) groups excluding carboxylic acids is 2. The van der Waals surface area contributed by atoms with Crippen LogP contribution < -0.4 is 21.9 Å². The highest BCUT2D eigenvalue weighted by Crippen LogP contribution is 2.20. The zero-order chi connectivity index (χ0) is 22.4. The van der Waals surface area contributed by atoms with E-state index in [-0.39, 0.29) is 33.8 Å². The van der Waals surface area contributed by atoms with Crippen LogP contribution in [0.4, 0.5) is 22.9 Å². The molecule has 0 radical (unpaired) electrons. The number of hydrogen-bond acceptors (Lipinski definition) is 8. The second-order valence-corrected chi connectivity index (χ2v) is 7.06. The summed E-state index contributed by atoms with van der Waals surface area (Å²) >= 11 is 0.905. The zero-order valence-electron chi connectivity index (χ0n) is 15.8. The number of benzene rings is 2. The van der Waals surface area contributed by atoms with Crippen LogP contribution in [0.1, 0.15) is 10.4 Å². The molecule has 0 fully saturated rings. The number of hydrogen-bond donors (Lipinski definition) is 4. The van der Waals surface area contributed by atoms with E-state index in [2.05, 4.69) is 20.6 Å². The molecule has 0 aliphatic heterocycles. The summed E-state index contributed by atoms with van der Waals surface area (Å²) < 4.78 is 0. The smallest absolute Gasteiger partial charge is 0.277 e. The Kier molecular flexibility index (Phi) is 6.62. The molecule has 0 aliphatic rings. The van der Waals surface area contributed by atoms with Crippen LogP contribution in [0, 0.1) is 10.1 Å². The summed E-state index contributed by atoms with van der Waals surface area (Å²) in [6, 6.07) is 13.8. The lowest BCUT2D eigenvalue weighted by atomic mass is 10.2. The van der Waals surface area contributed by atoms with E-state index in [1.54, 1.807) is 30.3 Å². The molecule has 0 saturated carbocycles. The van der Waals surface area contributed by atoms with Gasteiger partial charge >= 0.3 is 0 Å². The number of H-pyrrole nitrogens is 1. The second-order valence-electron chi connectivity index (χ2n) is 6.10. The van der Waals surface area contributed by atoms with Crippen LogP contribution in [-0.4, -0.2) is 32.5 Å². The van der Waals surface area contributed by atoms with Crippen molar-refractivity contribution in [2.45, 2.75) is 5.16 Å². The van der Waals surface area contributed by atoms with E-state index < -0.39 is 22.3 Å². The minimum atomic E-state index is -0.668. The summed E-state index contributed by atoms with van der Waals surface area (Å²) in [5.74, 6) is -1.32. The number of nitro benzene ring substituents is 1. The fraction of sp³-hybridized carbons (Fsp3) is 0.0526. The SMILES string of the molecule is Nc1nc(SCC(=O)Nc2cccc([N+](=O)[O-])c2)[nH]c(=O)c1NC(=O)c1ccccc1. The summed E-state index contributed by atoms with van der Waals surface area (Å²) in [4.78, 5) is 53.3. The molecule has 158 valence electrons. The average Bonchev–Trinajstić information content (AvgIpc) is 2.75. The Morgan fingerprint density at radius 2 is 1.87 bits per heavy atom. The number of nitrogen functional groups attached to an aromatic ring is 1. The molecular formula is C19H16N6O5S. The van der Waals surface area contributed by atoms with E-state index in [1.807, 2.05) is 0 Å². The predicted molar refractivity (Wildman–Crippen MR) is 116 cm³/mol. The first kappa shape index (κ1) is 21.5. The van der Waals surface area contributed by atoms with E-state index >= 15 is 0 Å². The van der Waals surface area contributed by atoms with Gasteiger partial charge in [0.05, 0.1) is 10.7 Å². The van der Waals surface area contributed by atoms with Gasteiger partial charge in [0.15, 0.2) is 11.0 Å². The van der Waals surface area contributed by atoms with Crippen molar-refractivity contribution in [3.63, 3.8) is 0 Å². The summed E-state index contributed by atoms with van der Waals surface area (Å²) in [5.41, 5.74) is 5.39. The van der Waals surface area contributed by atoms with Gasteiger partial charge in [-0.3, -0.25) is 29.5 Å². The van der Waals surface area contributed by atoms with Crippen molar-refractivity contribution in [2.75, 3.05) is 22.1 Å². The van der Waals surface area contributed by atoms with Crippen molar-refractivity contribution in [3.8, 4) is 0 Å². The number of nitrogens with zero attached hydrogens (tertiary/aromatic N) is 2. The first-order chi connectivity index (χ1) is 14.8. The minimum absolute atomic E-state index is 0.0782. The molecule has 0 unspecified atom stereocenters. The highest BCUT2D eigenvalue weighted by atomic mass is 32.2. The lowest BCUT2D eigenvalue weighted by Crippen LogP contribution is -2.23. The van der Waals surface area contributed by atoms with Crippen LogP contribution in [0.25, 0.3) is 0 Å². The summed E-state index contributed by atoms with van der Waals surface area (Å²) in [5, 5.41) is 15.8. The lowest BCUT2D eigenvalue weighted by molar-refractivity contribution is -0.384. The Labute approximate surface area is 179 Å². The van der Waals surface area contributed by atoms with E-state index in [9.17, 15) is 24.5 Å². The highest BCUT2D eigenvalue weighted by molar-refractivity contribution is 7.99. The largest absolute Gasteiger partial charge is 0.382 e. The third-order valence-electron chi connectivity index (χ3n) is 3.88. The van der Waals surface area contributed by atoms with Gasteiger partial charge in [0.1, 0.15) is 5.69 Å². The third kappa shape index (κ3) is 5.67. The molecule has 11 nitrogen and oxygen atoms in total. The number of rotatable bonds is 7. The second kappa shape index (κ2) is 9.54. The van der Waals surface area contributed by atoms with Gasteiger partial charge < -0.3 is 16.4 Å². The average molecular weight is 440 g/mol. The summed E-state index contributed by atoms with van der Waals surface area (Å²) in [6.45, 7) is 0. The first-order valence-corrected chi connectivity index (χ1v) is 9.75. The van der Waals surface area contributed by atoms with Crippen LogP contribution >= 0.6 is 11.8 Å². The Hall–Kier alpha value is -4.19. The molecule has 3 aromatic rings. The van der Waals surface area contributed by atoms with Crippen molar-refractivity contribution >= 4 is 46.5 Å². The number of aromatic nitrogens is 2. The number of carbonyl (C=O) groups is 2. The Morgan fingerprint density at radius 3 is 2.55 bits per heavy atom. The van der Waals surface area contributed by atoms with Gasteiger partial charge in [0.25, 0.3) is 17.2 Å². The quantitative estimate of drug-likeness (QED) is 0.187. The molecule has 0 aliphatic carbocycles. The first-order valence-electron chi connectivity index (χ1n) is 8.77. The Balaban J connectivity index is 1.63. The van der Waals surface area contributed by atoms with Gasteiger partial charge in [0, 0.05) is 23.4 Å². The van der Waals surface area contributed by atoms with Crippen LogP contribution in [-0.2, 0) is 4.79 Å². The van der Waals surface area contributed by atoms with Crippen LogP contribution in [0.15, 0.2) is 64.5 Å². The van der Waals surface area contributed by atoms with Crippen molar-refractivity contribution in [3.05, 3.63) is 80.6 Å². The maximum Gasteiger partial charge on any atom is 0.277 e. The molecule has 5 N–H and O–H groups in total. The number of nitrogens with two attached hydrogens (primary N) is 1. The van der Waals surface area contributed by atoms with Crippen LogP contribution in [0.5, 0.6) is 0 Å². The topological polar surface area (TPSA) is 173 Å². The molecule has 3 rings (SSSR count).